The van der Waals surface area contributed by atoms with Gasteiger partial charge in [-0.25, -0.2) is 14.2 Å². The quantitative estimate of drug-likeness (QED) is 0.629. The Balaban J connectivity index is 1.96. The third kappa shape index (κ3) is 3.37. The monoisotopic (exact) mass is 380 g/mol. The Bertz CT molecular complexity index is 997. The summed E-state index contributed by atoms with van der Waals surface area (Å²) in [5.74, 6) is -0.309. The van der Waals surface area contributed by atoms with E-state index in [2.05, 4.69) is 9.97 Å². The zero-order valence-corrected chi connectivity index (χ0v) is 15.0. The highest BCUT2D eigenvalue weighted by Crippen LogP contribution is 2.15. The molecule has 0 spiro atoms. The van der Waals surface area contributed by atoms with Gasteiger partial charge in [0.15, 0.2) is 11.2 Å². The number of carbonyl (C=O) groups is 2. The number of aromatic amines is 1. The smallest absolute Gasteiger partial charge is 0.407 e. The van der Waals surface area contributed by atoms with E-state index in [9.17, 15) is 19.2 Å². The number of ether oxygens (including phenoxy) is 1. The number of carbonyl (C=O) groups excluding carboxylic acids is 1. The molecule has 2 N–H and O–H groups in total. The number of hydrogen-bond acceptors (Lipinski definition) is 7. The number of aromatic nitrogens is 4. The molecular weight excluding hydrogens is 360 g/mol. The second-order valence-corrected chi connectivity index (χ2v) is 6.05. The summed E-state index contributed by atoms with van der Waals surface area (Å²) in [5, 5.41) is 9.02. The van der Waals surface area contributed by atoms with Gasteiger partial charge in [-0.15, -0.1) is 0 Å². The van der Waals surface area contributed by atoms with Crippen LogP contribution in [-0.2, 0) is 23.1 Å². The Kier molecular flexibility index (Phi) is 4.88. The van der Waals surface area contributed by atoms with E-state index in [-0.39, 0.29) is 17.8 Å². The number of imidazole rings is 1. The molecule has 1 amide bonds. The van der Waals surface area contributed by atoms with Crippen LogP contribution in [0.15, 0.2) is 9.59 Å². The molecule has 2 aromatic heterocycles. The highest BCUT2D eigenvalue weighted by molar-refractivity contribution is 5.74. The topological polar surface area (TPSA) is 143 Å². The van der Waals surface area contributed by atoms with Crippen molar-refractivity contribution in [3.05, 3.63) is 20.8 Å². The first-order chi connectivity index (χ1) is 12.8. The highest BCUT2D eigenvalue weighted by Gasteiger charge is 2.24. The van der Waals surface area contributed by atoms with Crippen LogP contribution < -0.4 is 16.1 Å². The molecule has 0 aliphatic carbocycles. The number of amides is 1. The molecule has 0 bridgehead atoms. The van der Waals surface area contributed by atoms with Crippen LogP contribution in [0.1, 0.15) is 6.92 Å². The van der Waals surface area contributed by atoms with Crippen LogP contribution in [0.25, 0.3) is 11.2 Å². The number of aryl methyl sites for hydroxylation is 1. The summed E-state index contributed by atoms with van der Waals surface area (Å²) in [5.41, 5.74) is -1.07. The van der Waals surface area contributed by atoms with Gasteiger partial charge < -0.3 is 24.6 Å². The lowest BCUT2D eigenvalue weighted by molar-refractivity contribution is -0.143. The maximum absolute atomic E-state index is 12.6. The summed E-state index contributed by atoms with van der Waals surface area (Å²) in [6.07, 6.45) is -0.983. The highest BCUT2D eigenvalue weighted by atomic mass is 16.5. The lowest BCUT2D eigenvalue weighted by Gasteiger charge is -2.32. The Morgan fingerprint density at radius 3 is 2.48 bits per heavy atom. The van der Waals surface area contributed by atoms with Gasteiger partial charge >= 0.3 is 17.8 Å². The van der Waals surface area contributed by atoms with Crippen molar-refractivity contribution in [3.63, 3.8) is 0 Å². The molecule has 3 heterocycles. The van der Waals surface area contributed by atoms with Crippen molar-refractivity contribution >= 4 is 29.2 Å². The van der Waals surface area contributed by atoms with Crippen LogP contribution in [0, 0.1) is 0 Å². The minimum Gasteiger partial charge on any atom is -0.465 e. The number of rotatable bonds is 4. The Labute approximate surface area is 152 Å². The first-order valence-corrected chi connectivity index (χ1v) is 8.41. The minimum atomic E-state index is -0.983. The van der Waals surface area contributed by atoms with Crippen molar-refractivity contribution in [1.82, 2.24) is 24.0 Å². The number of anilines is 1. The summed E-state index contributed by atoms with van der Waals surface area (Å²) >= 11 is 0. The fourth-order valence-electron chi connectivity index (χ4n) is 2.97. The Morgan fingerprint density at radius 2 is 1.89 bits per heavy atom. The van der Waals surface area contributed by atoms with Crippen LogP contribution in [0.3, 0.4) is 0 Å². The first kappa shape index (κ1) is 18.5. The number of nitrogens with one attached hydrogen (secondary N) is 1. The second kappa shape index (κ2) is 7.13. The lowest BCUT2D eigenvalue weighted by Crippen LogP contribution is -2.48. The molecule has 1 fully saturated rings. The van der Waals surface area contributed by atoms with Crippen molar-refractivity contribution in [2.24, 2.45) is 7.05 Å². The molecule has 0 unspecified atom stereocenters. The average Bonchev–Trinajstić information content (AvgIpc) is 3.09. The molecule has 146 valence electrons. The molecule has 1 aliphatic heterocycles. The molecule has 1 aliphatic rings. The van der Waals surface area contributed by atoms with Crippen molar-refractivity contribution in [3.8, 4) is 0 Å². The molecule has 12 heteroatoms. The molecule has 0 radical (unpaired) electrons. The molecule has 12 nitrogen and oxygen atoms in total. The van der Waals surface area contributed by atoms with E-state index in [0.717, 1.165) is 4.57 Å². The van der Waals surface area contributed by atoms with E-state index in [1.807, 2.05) is 0 Å². The number of hydrogen-bond donors (Lipinski definition) is 2. The lowest BCUT2D eigenvalue weighted by atomic mass is 10.3. The molecule has 3 rings (SSSR count). The average molecular weight is 380 g/mol. The van der Waals surface area contributed by atoms with Gasteiger partial charge in [0, 0.05) is 33.2 Å². The zero-order chi connectivity index (χ0) is 19.7. The summed E-state index contributed by atoms with van der Waals surface area (Å²) in [4.78, 5) is 58.1. The molecule has 2 aromatic rings. The van der Waals surface area contributed by atoms with Crippen LogP contribution >= 0.6 is 0 Å². The molecule has 27 heavy (non-hydrogen) atoms. The maximum atomic E-state index is 12.6. The number of esters is 1. The van der Waals surface area contributed by atoms with Crippen molar-refractivity contribution in [1.29, 1.82) is 0 Å². The molecule has 0 aromatic carbocycles. The van der Waals surface area contributed by atoms with Gasteiger partial charge in [0.05, 0.1) is 6.61 Å². The zero-order valence-electron chi connectivity index (χ0n) is 15.0. The minimum absolute atomic E-state index is 0.0945. The van der Waals surface area contributed by atoms with E-state index >= 15 is 0 Å². The summed E-state index contributed by atoms with van der Waals surface area (Å²) in [6.45, 7) is 2.70. The number of H-pyrrole nitrogens is 1. The normalized spacial score (nSPS) is 14.6. The first-order valence-electron chi connectivity index (χ1n) is 8.41. The standard InChI is InChI=1S/C15H20N6O6/c1-3-27-9(22)8-21-12(23)10-11(18(2)14(21)24)17-13(16-10)19-4-6-20(7-5-19)15(25)26/h3-8H2,1-2H3,(H,16,17)(H,25,26). The summed E-state index contributed by atoms with van der Waals surface area (Å²) in [7, 11) is 1.46. The van der Waals surface area contributed by atoms with Crippen LogP contribution in [0.2, 0.25) is 0 Å². The number of fused-ring (bicyclic) bond motifs is 1. The predicted octanol–water partition coefficient (Wildman–Crippen LogP) is -1.21. The van der Waals surface area contributed by atoms with Crippen LogP contribution in [-0.4, -0.2) is 74.0 Å². The maximum Gasteiger partial charge on any atom is 0.407 e. The fraction of sp³-hybridized carbons (Fsp3) is 0.533. The number of piperazine rings is 1. The fourth-order valence-corrected chi connectivity index (χ4v) is 2.97. The van der Waals surface area contributed by atoms with E-state index in [4.69, 9.17) is 9.84 Å². The van der Waals surface area contributed by atoms with Gasteiger partial charge in [0.25, 0.3) is 5.56 Å². The molecule has 0 atom stereocenters. The van der Waals surface area contributed by atoms with E-state index in [1.165, 1.54) is 16.5 Å². The van der Waals surface area contributed by atoms with Crippen molar-refractivity contribution in [2.75, 3.05) is 37.7 Å². The van der Waals surface area contributed by atoms with Gasteiger partial charge in [0.2, 0.25) is 5.95 Å². The van der Waals surface area contributed by atoms with Crippen LogP contribution in [0.5, 0.6) is 0 Å². The third-order valence-corrected chi connectivity index (χ3v) is 4.41. The number of carboxylic acid groups (broad SMARTS) is 1. The van der Waals surface area contributed by atoms with Crippen LogP contribution in [0.4, 0.5) is 10.7 Å². The summed E-state index contributed by atoms with van der Waals surface area (Å²) in [6, 6.07) is 0. The third-order valence-electron chi connectivity index (χ3n) is 4.41. The predicted molar refractivity (Wildman–Crippen MR) is 94.0 cm³/mol. The largest absolute Gasteiger partial charge is 0.465 e. The molecule has 1 saturated heterocycles. The Hall–Kier alpha value is -3.31. The number of nitrogens with zero attached hydrogens (tertiary/aromatic N) is 5. The van der Waals surface area contributed by atoms with Crippen molar-refractivity contribution in [2.45, 2.75) is 13.5 Å². The van der Waals surface area contributed by atoms with Crippen molar-refractivity contribution < 1.29 is 19.4 Å². The van der Waals surface area contributed by atoms with Gasteiger partial charge in [0.1, 0.15) is 6.54 Å². The van der Waals surface area contributed by atoms with Gasteiger partial charge in [-0.1, -0.05) is 0 Å². The Morgan fingerprint density at radius 1 is 1.22 bits per heavy atom. The van der Waals surface area contributed by atoms with E-state index in [0.29, 0.717) is 32.1 Å². The summed E-state index contributed by atoms with van der Waals surface area (Å²) < 4.78 is 6.78. The second-order valence-electron chi connectivity index (χ2n) is 6.05. The molecular formula is C15H20N6O6. The molecule has 0 saturated carbocycles. The SMILES string of the molecule is CCOC(=O)Cn1c(=O)c2[nH]c(N3CCN(C(=O)O)CC3)nc2n(C)c1=O. The van der Waals surface area contributed by atoms with Gasteiger partial charge in [-0.3, -0.25) is 14.2 Å². The van der Waals surface area contributed by atoms with E-state index in [1.54, 1.807) is 11.8 Å². The van der Waals surface area contributed by atoms with Gasteiger partial charge in [-0.2, -0.15) is 4.98 Å². The van der Waals surface area contributed by atoms with Gasteiger partial charge in [-0.05, 0) is 6.92 Å². The van der Waals surface area contributed by atoms with E-state index < -0.39 is 29.9 Å².